The van der Waals surface area contributed by atoms with E-state index in [1.807, 2.05) is 42.5 Å². The topological polar surface area (TPSA) is 38.3 Å². The van der Waals surface area contributed by atoms with Crippen LogP contribution in [-0.2, 0) is 6.54 Å². The third-order valence-electron chi connectivity index (χ3n) is 3.52. The second kappa shape index (κ2) is 8.11. The lowest BCUT2D eigenvalue weighted by atomic mass is 10.2. The van der Waals surface area contributed by atoms with E-state index in [1.165, 1.54) is 12.1 Å². The predicted octanol–water partition coefficient (Wildman–Crippen LogP) is 5.15. The molecule has 0 aliphatic heterocycles. The summed E-state index contributed by atoms with van der Waals surface area (Å²) in [6, 6.07) is 20.7. The van der Waals surface area contributed by atoms with Crippen molar-refractivity contribution in [3.8, 4) is 11.5 Å². The van der Waals surface area contributed by atoms with Crippen molar-refractivity contribution in [3.05, 3.63) is 93.3 Å². The van der Waals surface area contributed by atoms with E-state index < -0.39 is 0 Å². The number of rotatable bonds is 5. The van der Waals surface area contributed by atoms with Crippen LogP contribution < -0.4 is 10.1 Å². The van der Waals surface area contributed by atoms with E-state index in [1.54, 1.807) is 18.2 Å². The molecule has 3 aromatic carbocycles. The maximum atomic E-state index is 12.9. The first kappa shape index (κ1) is 17.4. The highest BCUT2D eigenvalue weighted by Gasteiger charge is 2.09. The van der Waals surface area contributed by atoms with Gasteiger partial charge in [0, 0.05) is 10.1 Å². The molecule has 0 fully saturated rings. The molecule has 0 aliphatic rings. The molecular weight excluding hydrogens is 432 g/mol. The molecule has 5 heteroatoms. The molecule has 3 rings (SSSR count). The summed E-state index contributed by atoms with van der Waals surface area (Å²) in [5, 5.41) is 2.91. The van der Waals surface area contributed by atoms with Gasteiger partial charge in [0.15, 0.2) is 0 Å². The number of carbonyl (C=O) groups is 1. The molecule has 0 saturated heterocycles. The molecular formula is C20H15FINO2. The summed E-state index contributed by atoms with van der Waals surface area (Å²) < 4.78 is 19.6. The zero-order valence-corrected chi connectivity index (χ0v) is 15.4. The van der Waals surface area contributed by atoms with Crippen LogP contribution in [0.15, 0.2) is 72.8 Å². The van der Waals surface area contributed by atoms with E-state index in [2.05, 4.69) is 27.9 Å². The van der Waals surface area contributed by atoms with Crippen LogP contribution in [-0.4, -0.2) is 5.91 Å². The Morgan fingerprint density at radius 2 is 1.72 bits per heavy atom. The summed E-state index contributed by atoms with van der Waals surface area (Å²) in [6.07, 6.45) is 0. The van der Waals surface area contributed by atoms with E-state index >= 15 is 0 Å². The summed E-state index contributed by atoms with van der Waals surface area (Å²) in [6.45, 7) is 0.393. The monoisotopic (exact) mass is 447 g/mol. The van der Waals surface area contributed by atoms with Gasteiger partial charge in [-0.1, -0.05) is 24.3 Å². The predicted molar refractivity (Wildman–Crippen MR) is 103 cm³/mol. The lowest BCUT2D eigenvalue weighted by molar-refractivity contribution is 0.0950. The number of halogens is 2. The van der Waals surface area contributed by atoms with Gasteiger partial charge in [0.1, 0.15) is 17.3 Å². The van der Waals surface area contributed by atoms with Crippen LogP contribution in [0.2, 0.25) is 0 Å². The fourth-order valence-electron chi connectivity index (χ4n) is 2.28. The van der Waals surface area contributed by atoms with Crippen LogP contribution >= 0.6 is 22.6 Å². The summed E-state index contributed by atoms with van der Waals surface area (Å²) in [5.74, 6) is 0.767. The van der Waals surface area contributed by atoms with Gasteiger partial charge < -0.3 is 10.1 Å². The highest BCUT2D eigenvalue weighted by Crippen LogP contribution is 2.22. The van der Waals surface area contributed by atoms with Gasteiger partial charge in [0.2, 0.25) is 0 Å². The lowest BCUT2D eigenvalue weighted by Crippen LogP contribution is -2.23. The second-order valence-corrected chi connectivity index (χ2v) is 6.53. The van der Waals surface area contributed by atoms with Gasteiger partial charge in [-0.3, -0.25) is 4.79 Å². The molecule has 0 saturated carbocycles. The van der Waals surface area contributed by atoms with Crippen molar-refractivity contribution >= 4 is 28.5 Å². The van der Waals surface area contributed by atoms with Crippen molar-refractivity contribution in [2.24, 2.45) is 0 Å². The fraction of sp³-hybridized carbons (Fsp3) is 0.0500. The number of nitrogens with one attached hydrogen (secondary N) is 1. The molecule has 0 heterocycles. The highest BCUT2D eigenvalue weighted by molar-refractivity contribution is 14.1. The highest BCUT2D eigenvalue weighted by atomic mass is 127. The molecule has 0 atom stereocenters. The average Bonchev–Trinajstić information content (AvgIpc) is 2.62. The van der Waals surface area contributed by atoms with Crippen LogP contribution in [0.1, 0.15) is 15.9 Å². The molecule has 3 nitrogen and oxygen atoms in total. The summed E-state index contributed by atoms with van der Waals surface area (Å²) >= 11 is 2.14. The number of ether oxygens (including phenoxy) is 1. The van der Waals surface area contributed by atoms with Crippen molar-refractivity contribution in [2.75, 3.05) is 0 Å². The van der Waals surface area contributed by atoms with E-state index in [4.69, 9.17) is 4.74 Å². The number of amides is 1. The minimum absolute atomic E-state index is 0.116. The molecule has 1 N–H and O–H groups in total. The Morgan fingerprint density at radius 3 is 2.48 bits per heavy atom. The quantitative estimate of drug-likeness (QED) is 0.550. The van der Waals surface area contributed by atoms with Gasteiger partial charge in [-0.05, 0) is 76.7 Å². The van der Waals surface area contributed by atoms with Crippen molar-refractivity contribution in [3.63, 3.8) is 0 Å². The number of hydrogen-bond acceptors (Lipinski definition) is 2. The normalized spacial score (nSPS) is 10.3. The Morgan fingerprint density at radius 1 is 0.960 bits per heavy atom. The van der Waals surface area contributed by atoms with Crippen LogP contribution in [0, 0.1) is 9.39 Å². The second-order valence-electron chi connectivity index (χ2n) is 5.37. The Balaban J connectivity index is 1.64. The first-order chi connectivity index (χ1) is 12.1. The van der Waals surface area contributed by atoms with Crippen molar-refractivity contribution in [1.29, 1.82) is 0 Å². The van der Waals surface area contributed by atoms with E-state index in [-0.39, 0.29) is 11.7 Å². The van der Waals surface area contributed by atoms with E-state index in [0.717, 1.165) is 9.13 Å². The maximum Gasteiger partial charge on any atom is 0.252 e. The smallest absolute Gasteiger partial charge is 0.252 e. The Labute approximate surface area is 159 Å². The first-order valence-electron chi connectivity index (χ1n) is 7.67. The minimum Gasteiger partial charge on any atom is -0.457 e. The molecule has 0 spiro atoms. The minimum atomic E-state index is -0.306. The Bertz CT molecular complexity index is 881. The van der Waals surface area contributed by atoms with Crippen LogP contribution in [0.5, 0.6) is 11.5 Å². The van der Waals surface area contributed by atoms with Crippen LogP contribution in [0.3, 0.4) is 0 Å². The molecule has 0 bridgehead atoms. The molecule has 0 radical (unpaired) electrons. The third-order valence-corrected chi connectivity index (χ3v) is 4.46. The molecule has 126 valence electrons. The zero-order chi connectivity index (χ0) is 17.6. The number of benzene rings is 3. The van der Waals surface area contributed by atoms with Crippen LogP contribution in [0.25, 0.3) is 0 Å². The fourth-order valence-corrected chi connectivity index (χ4v) is 2.91. The average molecular weight is 447 g/mol. The SMILES string of the molecule is O=C(NCc1cccc(Oc2ccc(F)cc2)c1)c1ccccc1I. The number of carbonyl (C=O) groups excluding carboxylic acids is 1. The van der Waals surface area contributed by atoms with Gasteiger partial charge in [-0.2, -0.15) is 0 Å². The molecule has 0 aliphatic carbocycles. The summed E-state index contributed by atoms with van der Waals surface area (Å²) in [5.41, 5.74) is 1.57. The largest absolute Gasteiger partial charge is 0.457 e. The van der Waals surface area contributed by atoms with Crippen LogP contribution in [0.4, 0.5) is 4.39 Å². The lowest BCUT2D eigenvalue weighted by Gasteiger charge is -2.09. The summed E-state index contributed by atoms with van der Waals surface area (Å²) in [7, 11) is 0. The van der Waals surface area contributed by atoms with Gasteiger partial charge in [-0.25, -0.2) is 4.39 Å². The first-order valence-corrected chi connectivity index (χ1v) is 8.75. The van der Waals surface area contributed by atoms with Gasteiger partial charge >= 0.3 is 0 Å². The molecule has 3 aromatic rings. The van der Waals surface area contributed by atoms with Gasteiger partial charge in [0.25, 0.3) is 5.91 Å². The van der Waals surface area contributed by atoms with Crippen molar-refractivity contribution < 1.29 is 13.9 Å². The third kappa shape index (κ3) is 4.79. The number of hydrogen-bond donors (Lipinski definition) is 1. The standard InChI is InChI=1S/C20H15FINO2/c21-15-8-10-16(11-9-15)25-17-5-3-4-14(12-17)13-23-20(24)18-6-1-2-7-19(18)22/h1-12H,13H2,(H,23,24). The van der Waals surface area contributed by atoms with Gasteiger partial charge in [0.05, 0.1) is 5.56 Å². The van der Waals surface area contributed by atoms with E-state index in [9.17, 15) is 9.18 Å². The molecule has 25 heavy (non-hydrogen) atoms. The molecule has 0 unspecified atom stereocenters. The van der Waals surface area contributed by atoms with E-state index in [0.29, 0.717) is 23.6 Å². The Kier molecular flexibility index (Phi) is 5.65. The van der Waals surface area contributed by atoms with Crippen molar-refractivity contribution in [2.45, 2.75) is 6.54 Å². The van der Waals surface area contributed by atoms with Gasteiger partial charge in [-0.15, -0.1) is 0 Å². The van der Waals surface area contributed by atoms with Crippen molar-refractivity contribution in [1.82, 2.24) is 5.32 Å². The maximum absolute atomic E-state index is 12.9. The molecule has 1 amide bonds. The molecule has 0 aromatic heterocycles. The Hall–Kier alpha value is -2.41. The summed E-state index contributed by atoms with van der Waals surface area (Å²) in [4.78, 5) is 12.3. The zero-order valence-electron chi connectivity index (χ0n) is 13.2.